The molecular weight excluding hydrogens is 376 g/mol. The van der Waals surface area contributed by atoms with Crippen LogP contribution in [0.3, 0.4) is 0 Å². The minimum Gasteiger partial charge on any atom is -0.493 e. The first-order valence-electron chi connectivity index (χ1n) is 7.34. The van der Waals surface area contributed by atoms with E-state index in [1.165, 1.54) is 12.1 Å². The molecule has 0 amide bonds. The van der Waals surface area contributed by atoms with Crippen LogP contribution in [0.1, 0.15) is 34.6 Å². The van der Waals surface area contributed by atoms with E-state index in [1.807, 2.05) is 13.8 Å². The van der Waals surface area contributed by atoms with Crippen molar-refractivity contribution in [3.05, 3.63) is 58.1 Å². The number of aromatic carboxylic acids is 1. The molecule has 5 nitrogen and oxygen atoms in total. The summed E-state index contributed by atoms with van der Waals surface area (Å²) in [5, 5.41) is 9.21. The maximum atomic E-state index is 12.3. The van der Waals surface area contributed by atoms with Gasteiger partial charge in [0.2, 0.25) is 0 Å². The highest BCUT2D eigenvalue weighted by Crippen LogP contribution is 2.25. The Morgan fingerprint density at radius 2 is 1.92 bits per heavy atom. The highest BCUT2D eigenvalue weighted by Gasteiger charge is 2.17. The van der Waals surface area contributed by atoms with Gasteiger partial charge in [0.15, 0.2) is 0 Å². The molecule has 0 aliphatic heterocycles. The quantitative estimate of drug-likeness (QED) is 0.582. The van der Waals surface area contributed by atoms with Gasteiger partial charge in [-0.3, -0.25) is 0 Å². The van der Waals surface area contributed by atoms with Gasteiger partial charge in [-0.25, -0.2) is 9.59 Å². The molecule has 0 aliphatic rings. The Kier molecular flexibility index (Phi) is 5.98. The van der Waals surface area contributed by atoms with Crippen molar-refractivity contribution >= 4 is 27.9 Å². The predicted octanol–water partition coefficient (Wildman–Crippen LogP) is 4.40. The molecule has 0 saturated carbocycles. The summed E-state index contributed by atoms with van der Waals surface area (Å²) in [5.41, 5.74) is 0.195. The molecule has 0 radical (unpaired) electrons. The number of carbonyl (C=O) groups is 2. The number of hydrogen-bond donors (Lipinski definition) is 1. The monoisotopic (exact) mass is 392 g/mol. The van der Waals surface area contributed by atoms with Gasteiger partial charge in [0.1, 0.15) is 17.1 Å². The van der Waals surface area contributed by atoms with Gasteiger partial charge in [0.05, 0.1) is 12.2 Å². The molecule has 0 saturated heterocycles. The zero-order valence-corrected chi connectivity index (χ0v) is 14.9. The highest BCUT2D eigenvalue weighted by molar-refractivity contribution is 9.10. The van der Waals surface area contributed by atoms with Crippen molar-refractivity contribution in [1.29, 1.82) is 0 Å². The fourth-order valence-electron chi connectivity index (χ4n) is 1.89. The van der Waals surface area contributed by atoms with E-state index in [-0.39, 0.29) is 16.9 Å². The molecule has 0 spiro atoms. The molecule has 2 aromatic rings. The summed E-state index contributed by atoms with van der Waals surface area (Å²) in [6, 6.07) is 11.0. The van der Waals surface area contributed by atoms with E-state index in [0.29, 0.717) is 22.7 Å². The SMILES string of the molecule is CC(C)COc1cccc(C(=O)Oc2ccc(Br)cc2C(=O)O)c1. The standard InChI is InChI=1S/C18H17BrO5/c1-11(2)10-23-14-5-3-4-12(8-14)18(22)24-16-7-6-13(19)9-15(16)17(20)21/h3-9,11H,10H2,1-2H3,(H,20,21). The molecule has 2 rings (SSSR count). The van der Waals surface area contributed by atoms with Crippen LogP contribution in [-0.4, -0.2) is 23.7 Å². The van der Waals surface area contributed by atoms with Crippen LogP contribution in [0.25, 0.3) is 0 Å². The minimum absolute atomic E-state index is 0.01000. The van der Waals surface area contributed by atoms with Crippen LogP contribution in [0.4, 0.5) is 0 Å². The molecular formula is C18H17BrO5. The molecule has 126 valence electrons. The van der Waals surface area contributed by atoms with E-state index in [1.54, 1.807) is 30.3 Å². The lowest BCUT2D eigenvalue weighted by atomic mass is 10.2. The van der Waals surface area contributed by atoms with Crippen LogP contribution >= 0.6 is 15.9 Å². The Bertz CT molecular complexity index is 755. The number of carbonyl (C=O) groups excluding carboxylic acids is 1. The Balaban J connectivity index is 2.18. The first-order valence-corrected chi connectivity index (χ1v) is 8.14. The predicted molar refractivity (Wildman–Crippen MR) is 92.8 cm³/mol. The third-order valence-electron chi connectivity index (χ3n) is 3.03. The van der Waals surface area contributed by atoms with Crippen LogP contribution in [0.5, 0.6) is 11.5 Å². The number of hydrogen-bond acceptors (Lipinski definition) is 4. The van der Waals surface area contributed by atoms with Gasteiger partial charge in [-0.1, -0.05) is 35.8 Å². The fraction of sp³-hybridized carbons (Fsp3) is 0.222. The molecule has 6 heteroatoms. The van der Waals surface area contributed by atoms with E-state index >= 15 is 0 Å². The van der Waals surface area contributed by atoms with E-state index in [0.717, 1.165) is 0 Å². The second kappa shape index (κ2) is 7.97. The molecule has 24 heavy (non-hydrogen) atoms. The first-order chi connectivity index (χ1) is 11.4. The molecule has 0 bridgehead atoms. The van der Waals surface area contributed by atoms with Gasteiger partial charge in [0.25, 0.3) is 0 Å². The number of rotatable bonds is 6. The van der Waals surface area contributed by atoms with Gasteiger partial charge in [0, 0.05) is 4.47 Å². The van der Waals surface area contributed by atoms with Crippen LogP contribution in [0.2, 0.25) is 0 Å². The molecule has 0 unspecified atom stereocenters. The van der Waals surface area contributed by atoms with Crippen molar-refractivity contribution in [1.82, 2.24) is 0 Å². The smallest absolute Gasteiger partial charge is 0.343 e. The second-order valence-electron chi connectivity index (χ2n) is 5.57. The summed E-state index contributed by atoms with van der Waals surface area (Å²) in [5.74, 6) is -0.902. The third kappa shape index (κ3) is 4.83. The lowest BCUT2D eigenvalue weighted by Crippen LogP contribution is -2.12. The molecule has 0 aliphatic carbocycles. The Morgan fingerprint density at radius 1 is 1.17 bits per heavy atom. The average molecular weight is 393 g/mol. The maximum absolute atomic E-state index is 12.3. The van der Waals surface area contributed by atoms with Crippen LogP contribution < -0.4 is 9.47 Å². The number of benzene rings is 2. The largest absolute Gasteiger partial charge is 0.493 e. The molecule has 2 aromatic carbocycles. The Labute approximate surface area is 148 Å². The third-order valence-corrected chi connectivity index (χ3v) is 3.52. The summed E-state index contributed by atoms with van der Waals surface area (Å²) in [4.78, 5) is 23.5. The van der Waals surface area contributed by atoms with Crippen LogP contribution in [-0.2, 0) is 0 Å². The van der Waals surface area contributed by atoms with Gasteiger partial charge in [-0.05, 0) is 42.3 Å². The van der Waals surface area contributed by atoms with Crippen LogP contribution in [0, 0.1) is 5.92 Å². The summed E-state index contributed by atoms with van der Waals surface area (Å²) in [6.07, 6.45) is 0. The number of ether oxygens (including phenoxy) is 2. The van der Waals surface area contributed by atoms with Crippen LogP contribution in [0.15, 0.2) is 46.9 Å². The van der Waals surface area contributed by atoms with Gasteiger partial charge >= 0.3 is 11.9 Å². The maximum Gasteiger partial charge on any atom is 0.343 e. The number of carboxylic acids is 1. The summed E-state index contributed by atoms with van der Waals surface area (Å²) < 4.78 is 11.4. The van der Waals surface area contributed by atoms with E-state index in [9.17, 15) is 14.7 Å². The lowest BCUT2D eigenvalue weighted by Gasteiger charge is -2.11. The van der Waals surface area contributed by atoms with Crippen molar-refractivity contribution in [2.75, 3.05) is 6.61 Å². The first kappa shape index (κ1) is 18.0. The van der Waals surface area contributed by atoms with E-state index < -0.39 is 11.9 Å². The summed E-state index contributed by atoms with van der Waals surface area (Å²) in [7, 11) is 0. The Morgan fingerprint density at radius 3 is 2.58 bits per heavy atom. The zero-order chi connectivity index (χ0) is 17.7. The molecule has 1 N–H and O–H groups in total. The highest BCUT2D eigenvalue weighted by atomic mass is 79.9. The molecule has 0 atom stereocenters. The summed E-state index contributed by atoms with van der Waals surface area (Å²) in [6.45, 7) is 4.59. The molecule has 0 aromatic heterocycles. The topological polar surface area (TPSA) is 72.8 Å². The van der Waals surface area contributed by atoms with Gasteiger partial charge in [-0.15, -0.1) is 0 Å². The number of halogens is 1. The fourth-order valence-corrected chi connectivity index (χ4v) is 2.25. The van der Waals surface area contributed by atoms with E-state index in [2.05, 4.69) is 15.9 Å². The van der Waals surface area contributed by atoms with Crippen molar-refractivity contribution in [2.24, 2.45) is 5.92 Å². The molecule has 0 heterocycles. The lowest BCUT2D eigenvalue weighted by molar-refractivity contribution is 0.0681. The van der Waals surface area contributed by atoms with E-state index in [4.69, 9.17) is 9.47 Å². The van der Waals surface area contributed by atoms with Gasteiger partial charge in [-0.2, -0.15) is 0 Å². The minimum atomic E-state index is -1.17. The second-order valence-corrected chi connectivity index (χ2v) is 6.48. The summed E-state index contributed by atoms with van der Waals surface area (Å²) >= 11 is 3.19. The number of carboxylic acid groups (broad SMARTS) is 1. The normalized spacial score (nSPS) is 10.5. The number of esters is 1. The zero-order valence-electron chi connectivity index (χ0n) is 13.3. The van der Waals surface area contributed by atoms with Crippen molar-refractivity contribution in [3.63, 3.8) is 0 Å². The van der Waals surface area contributed by atoms with Crippen molar-refractivity contribution in [3.8, 4) is 11.5 Å². The Hall–Kier alpha value is -2.34. The molecule has 0 fully saturated rings. The average Bonchev–Trinajstić information content (AvgIpc) is 2.54. The van der Waals surface area contributed by atoms with Crippen molar-refractivity contribution in [2.45, 2.75) is 13.8 Å². The van der Waals surface area contributed by atoms with Gasteiger partial charge < -0.3 is 14.6 Å². The van der Waals surface area contributed by atoms with Crippen molar-refractivity contribution < 1.29 is 24.2 Å².